The SMILES string of the molecule is c1ccc2c(c1)NCCC1CC21. The summed E-state index contributed by atoms with van der Waals surface area (Å²) in [6, 6.07) is 8.75. The number of anilines is 1. The Balaban J connectivity index is 2.08. The van der Waals surface area contributed by atoms with Crippen molar-refractivity contribution >= 4 is 5.69 Å². The van der Waals surface area contributed by atoms with E-state index in [0.717, 1.165) is 18.4 Å². The molecule has 1 aromatic carbocycles. The van der Waals surface area contributed by atoms with E-state index in [1.807, 2.05) is 0 Å². The maximum absolute atomic E-state index is 3.49. The van der Waals surface area contributed by atoms with Gasteiger partial charge in [-0.15, -0.1) is 0 Å². The van der Waals surface area contributed by atoms with Gasteiger partial charge in [-0.1, -0.05) is 18.2 Å². The fraction of sp³-hybridized carbons (Fsp3) is 0.455. The smallest absolute Gasteiger partial charge is 0.0375 e. The molecule has 2 unspecified atom stereocenters. The fourth-order valence-corrected chi connectivity index (χ4v) is 2.32. The van der Waals surface area contributed by atoms with E-state index in [-0.39, 0.29) is 0 Å². The highest BCUT2D eigenvalue weighted by Gasteiger charge is 2.40. The van der Waals surface area contributed by atoms with Gasteiger partial charge in [0.25, 0.3) is 0 Å². The van der Waals surface area contributed by atoms with Gasteiger partial charge in [-0.3, -0.25) is 0 Å². The summed E-state index contributed by atoms with van der Waals surface area (Å²) in [6.07, 6.45) is 2.79. The molecule has 0 spiro atoms. The van der Waals surface area contributed by atoms with Crippen LogP contribution in [0.1, 0.15) is 24.3 Å². The van der Waals surface area contributed by atoms with Crippen molar-refractivity contribution in [2.45, 2.75) is 18.8 Å². The molecule has 1 heteroatoms. The molecule has 0 radical (unpaired) electrons. The van der Waals surface area contributed by atoms with E-state index in [9.17, 15) is 0 Å². The normalized spacial score (nSPS) is 31.0. The predicted molar refractivity (Wildman–Crippen MR) is 50.4 cm³/mol. The van der Waals surface area contributed by atoms with Gasteiger partial charge in [0.2, 0.25) is 0 Å². The first-order chi connectivity index (χ1) is 5.95. The van der Waals surface area contributed by atoms with Crippen molar-refractivity contribution in [2.75, 3.05) is 11.9 Å². The Kier molecular flexibility index (Phi) is 1.23. The summed E-state index contributed by atoms with van der Waals surface area (Å²) in [5.74, 6) is 1.87. The minimum absolute atomic E-state index is 0.885. The summed E-state index contributed by atoms with van der Waals surface area (Å²) >= 11 is 0. The lowest BCUT2D eigenvalue weighted by Gasteiger charge is -2.07. The molecule has 1 heterocycles. The lowest BCUT2D eigenvalue weighted by atomic mass is 10.1. The summed E-state index contributed by atoms with van der Waals surface area (Å²) in [6.45, 7) is 1.16. The number of fused-ring (bicyclic) bond motifs is 3. The molecule has 0 amide bonds. The zero-order chi connectivity index (χ0) is 7.97. The van der Waals surface area contributed by atoms with Crippen molar-refractivity contribution in [1.82, 2.24) is 0 Å². The topological polar surface area (TPSA) is 12.0 Å². The molecule has 1 aliphatic heterocycles. The lowest BCUT2D eigenvalue weighted by molar-refractivity contribution is 0.748. The largest absolute Gasteiger partial charge is 0.385 e. The van der Waals surface area contributed by atoms with E-state index < -0.39 is 0 Å². The van der Waals surface area contributed by atoms with Gasteiger partial charge in [-0.25, -0.2) is 0 Å². The van der Waals surface area contributed by atoms with Crippen LogP contribution >= 0.6 is 0 Å². The van der Waals surface area contributed by atoms with Crippen LogP contribution in [-0.4, -0.2) is 6.54 Å². The van der Waals surface area contributed by atoms with Crippen LogP contribution in [0.4, 0.5) is 5.69 Å². The quantitative estimate of drug-likeness (QED) is 0.613. The Morgan fingerprint density at radius 1 is 1.25 bits per heavy atom. The third-order valence-electron chi connectivity index (χ3n) is 3.11. The second-order valence-corrected chi connectivity index (χ2v) is 3.90. The minimum atomic E-state index is 0.885. The second kappa shape index (κ2) is 2.25. The van der Waals surface area contributed by atoms with Crippen LogP contribution < -0.4 is 5.32 Å². The predicted octanol–water partition coefficient (Wildman–Crippen LogP) is 2.61. The van der Waals surface area contributed by atoms with Crippen LogP contribution in [0.5, 0.6) is 0 Å². The molecule has 1 nitrogen and oxygen atoms in total. The summed E-state index contributed by atoms with van der Waals surface area (Å²) in [4.78, 5) is 0. The molecule has 0 saturated heterocycles. The van der Waals surface area contributed by atoms with Crippen LogP contribution in [-0.2, 0) is 0 Å². The zero-order valence-electron chi connectivity index (χ0n) is 7.09. The standard InChI is InChI=1S/C11H13N/c1-2-4-11-9(3-1)10-7-8(10)5-6-12-11/h1-4,8,10,12H,5-7H2. The van der Waals surface area contributed by atoms with Gasteiger partial charge in [0, 0.05) is 12.2 Å². The van der Waals surface area contributed by atoms with E-state index in [1.54, 1.807) is 5.56 Å². The number of rotatable bonds is 0. The third kappa shape index (κ3) is 0.857. The highest BCUT2D eigenvalue weighted by Crippen LogP contribution is 2.52. The monoisotopic (exact) mass is 159 g/mol. The van der Waals surface area contributed by atoms with E-state index in [0.29, 0.717) is 0 Å². The lowest BCUT2D eigenvalue weighted by Crippen LogP contribution is -2.00. The van der Waals surface area contributed by atoms with Crippen LogP contribution in [0, 0.1) is 5.92 Å². The van der Waals surface area contributed by atoms with E-state index >= 15 is 0 Å². The molecule has 0 bridgehead atoms. The van der Waals surface area contributed by atoms with Crippen molar-refractivity contribution in [3.05, 3.63) is 29.8 Å². The van der Waals surface area contributed by atoms with E-state index in [2.05, 4.69) is 29.6 Å². The third-order valence-corrected chi connectivity index (χ3v) is 3.11. The van der Waals surface area contributed by atoms with Crippen molar-refractivity contribution in [1.29, 1.82) is 0 Å². The van der Waals surface area contributed by atoms with Crippen molar-refractivity contribution in [2.24, 2.45) is 5.92 Å². The molecule has 2 atom stereocenters. The summed E-state index contributed by atoms with van der Waals surface area (Å²) in [5, 5.41) is 3.49. The van der Waals surface area contributed by atoms with Gasteiger partial charge >= 0.3 is 0 Å². The molecule has 62 valence electrons. The highest BCUT2D eigenvalue weighted by molar-refractivity contribution is 5.55. The number of hydrogen-bond donors (Lipinski definition) is 1. The molecule has 1 aliphatic carbocycles. The van der Waals surface area contributed by atoms with Gasteiger partial charge in [0.05, 0.1) is 0 Å². The van der Waals surface area contributed by atoms with Gasteiger partial charge < -0.3 is 5.32 Å². The Labute approximate surface area is 72.8 Å². The Morgan fingerprint density at radius 2 is 2.17 bits per heavy atom. The summed E-state index contributed by atoms with van der Waals surface area (Å²) in [5.41, 5.74) is 2.93. The van der Waals surface area contributed by atoms with Crippen LogP contribution in [0.25, 0.3) is 0 Å². The fourth-order valence-electron chi connectivity index (χ4n) is 2.32. The number of benzene rings is 1. The average molecular weight is 159 g/mol. The van der Waals surface area contributed by atoms with Gasteiger partial charge in [-0.05, 0) is 36.3 Å². The maximum atomic E-state index is 3.49. The number of nitrogens with one attached hydrogen (secondary N) is 1. The molecule has 1 saturated carbocycles. The summed E-state index contributed by atoms with van der Waals surface area (Å²) < 4.78 is 0. The first kappa shape index (κ1) is 6.53. The first-order valence-corrected chi connectivity index (χ1v) is 4.78. The molecule has 3 rings (SSSR count). The van der Waals surface area contributed by atoms with E-state index in [4.69, 9.17) is 0 Å². The zero-order valence-corrected chi connectivity index (χ0v) is 7.09. The van der Waals surface area contributed by atoms with Crippen molar-refractivity contribution in [3.63, 3.8) is 0 Å². The number of para-hydroxylation sites is 1. The Hall–Kier alpha value is -0.980. The van der Waals surface area contributed by atoms with Gasteiger partial charge in [-0.2, -0.15) is 0 Å². The first-order valence-electron chi connectivity index (χ1n) is 4.78. The van der Waals surface area contributed by atoms with E-state index in [1.165, 1.54) is 18.5 Å². The Bertz CT molecular complexity index is 306. The number of hydrogen-bond acceptors (Lipinski definition) is 1. The molecule has 1 N–H and O–H groups in total. The van der Waals surface area contributed by atoms with Crippen LogP contribution in [0.15, 0.2) is 24.3 Å². The van der Waals surface area contributed by atoms with Crippen molar-refractivity contribution in [3.8, 4) is 0 Å². The molecular formula is C11H13N. The molecule has 1 fully saturated rings. The minimum Gasteiger partial charge on any atom is -0.385 e. The van der Waals surface area contributed by atoms with Crippen LogP contribution in [0.2, 0.25) is 0 Å². The Morgan fingerprint density at radius 3 is 3.17 bits per heavy atom. The summed E-state index contributed by atoms with van der Waals surface area (Å²) in [7, 11) is 0. The average Bonchev–Trinajstić information content (AvgIpc) is 2.82. The molecular weight excluding hydrogens is 146 g/mol. The van der Waals surface area contributed by atoms with Gasteiger partial charge in [0.1, 0.15) is 0 Å². The maximum Gasteiger partial charge on any atom is 0.0375 e. The van der Waals surface area contributed by atoms with Crippen LogP contribution in [0.3, 0.4) is 0 Å². The molecule has 1 aromatic rings. The molecule has 0 aromatic heterocycles. The van der Waals surface area contributed by atoms with Gasteiger partial charge in [0.15, 0.2) is 0 Å². The second-order valence-electron chi connectivity index (χ2n) is 3.90. The molecule has 2 aliphatic rings. The molecule has 12 heavy (non-hydrogen) atoms. The highest BCUT2D eigenvalue weighted by atomic mass is 14.9. The van der Waals surface area contributed by atoms with Crippen molar-refractivity contribution < 1.29 is 0 Å².